The number of nitrogens with zero attached hydrogens (tertiary/aromatic N) is 2. The van der Waals surface area contributed by atoms with Gasteiger partial charge in [0.15, 0.2) is 5.96 Å². The standard InChI is InChI=1S/C32H42FN7O6S2/c1-21(2)18-25(38-31(43)46-22-12-16-40(17-13-22)48(44,45)27-11-6-3-8-23(27)33)29(42)39-32(20-41,14-7-15-36-30(34)35)19-28-37-24-9-4-5-10-26(24)47-28/h3-6,8-11,20-22,25H,7,12-19H2,1-2H3,(H,38,43)(H,39,42)(H4,34,35,36)/t25-,32+/m0/s1. The van der Waals surface area contributed by atoms with Gasteiger partial charge in [-0.25, -0.2) is 22.6 Å². The molecule has 0 unspecified atom stereocenters. The van der Waals surface area contributed by atoms with Gasteiger partial charge in [-0.15, -0.1) is 11.3 Å². The Bertz CT molecular complexity index is 1680. The van der Waals surface area contributed by atoms with Crippen LogP contribution in [0.3, 0.4) is 0 Å². The zero-order valence-corrected chi connectivity index (χ0v) is 28.5. The molecule has 0 bridgehead atoms. The van der Waals surface area contributed by atoms with Gasteiger partial charge in [0.05, 0.1) is 15.2 Å². The number of piperidine rings is 1. The predicted molar refractivity (Wildman–Crippen MR) is 180 cm³/mol. The average molecular weight is 704 g/mol. The molecule has 1 aromatic heterocycles. The second-order valence-corrected chi connectivity index (χ2v) is 15.2. The number of aromatic nitrogens is 1. The van der Waals surface area contributed by atoms with E-state index in [2.05, 4.69) is 20.9 Å². The molecule has 1 fully saturated rings. The Balaban J connectivity index is 1.42. The van der Waals surface area contributed by atoms with Crippen LogP contribution in [0.5, 0.6) is 0 Å². The van der Waals surface area contributed by atoms with Crippen molar-refractivity contribution in [1.29, 1.82) is 5.41 Å². The minimum absolute atomic E-state index is 0.0115. The first kappa shape index (κ1) is 36.7. The van der Waals surface area contributed by atoms with Crippen LogP contribution < -0.4 is 21.7 Å². The molecule has 3 aromatic rings. The Labute approximate surface area is 283 Å². The van der Waals surface area contributed by atoms with Crippen LogP contribution in [0.2, 0.25) is 0 Å². The summed E-state index contributed by atoms with van der Waals surface area (Å²) in [4.78, 5) is 43.8. The molecule has 2 aromatic carbocycles. The molecule has 48 heavy (non-hydrogen) atoms. The number of thiazole rings is 1. The number of aldehydes is 1. The van der Waals surface area contributed by atoms with Gasteiger partial charge in [0.1, 0.15) is 34.7 Å². The molecule has 260 valence electrons. The largest absolute Gasteiger partial charge is 0.446 e. The van der Waals surface area contributed by atoms with Crippen molar-refractivity contribution >= 4 is 55.8 Å². The highest BCUT2D eigenvalue weighted by Crippen LogP contribution is 2.27. The van der Waals surface area contributed by atoms with Gasteiger partial charge >= 0.3 is 6.09 Å². The van der Waals surface area contributed by atoms with Gasteiger partial charge in [-0.05, 0) is 62.3 Å². The lowest BCUT2D eigenvalue weighted by Gasteiger charge is -2.32. The smallest absolute Gasteiger partial charge is 0.408 e. The fraction of sp³-hybridized carbons (Fsp3) is 0.469. The van der Waals surface area contributed by atoms with Crippen molar-refractivity contribution in [3.8, 4) is 0 Å². The molecule has 4 rings (SSSR count). The number of rotatable bonds is 15. The van der Waals surface area contributed by atoms with Gasteiger partial charge in [0, 0.05) is 26.1 Å². The van der Waals surface area contributed by atoms with E-state index in [0.717, 1.165) is 20.6 Å². The van der Waals surface area contributed by atoms with Crippen LogP contribution in [0.15, 0.2) is 53.4 Å². The number of para-hydroxylation sites is 1. The third-order valence-corrected chi connectivity index (χ3v) is 10.9. The number of nitrogens with two attached hydrogens (primary N) is 1. The van der Waals surface area contributed by atoms with Crippen molar-refractivity contribution in [2.45, 2.75) is 75.0 Å². The predicted octanol–water partition coefficient (Wildman–Crippen LogP) is 3.29. The summed E-state index contributed by atoms with van der Waals surface area (Å²) in [5, 5.41) is 16.3. The topological polar surface area (TPSA) is 197 Å². The molecule has 0 spiro atoms. The molecule has 2 amide bonds. The Morgan fingerprint density at radius 1 is 1.19 bits per heavy atom. The second-order valence-electron chi connectivity index (χ2n) is 12.2. The molecule has 1 aliphatic rings. The highest BCUT2D eigenvalue weighted by atomic mass is 32.2. The van der Waals surface area contributed by atoms with Crippen molar-refractivity contribution in [2.75, 3.05) is 19.6 Å². The Hall–Kier alpha value is -4.15. The van der Waals surface area contributed by atoms with Crippen LogP contribution in [0.1, 0.15) is 51.0 Å². The summed E-state index contributed by atoms with van der Waals surface area (Å²) in [6.07, 6.45) is 0.585. The summed E-state index contributed by atoms with van der Waals surface area (Å²) in [5.74, 6) is -1.63. The Morgan fingerprint density at radius 3 is 2.52 bits per heavy atom. The van der Waals surface area contributed by atoms with Crippen molar-refractivity contribution in [3.63, 3.8) is 0 Å². The molecule has 1 saturated heterocycles. The molecule has 0 radical (unpaired) electrons. The Kier molecular flexibility index (Phi) is 12.5. The molecule has 6 N–H and O–H groups in total. The summed E-state index contributed by atoms with van der Waals surface area (Å²) in [5.41, 5.74) is 4.82. The van der Waals surface area contributed by atoms with Crippen LogP contribution in [-0.2, 0) is 30.8 Å². The number of nitrogens with one attached hydrogen (secondary N) is 4. The molecule has 2 heterocycles. The SMILES string of the molecule is CC(C)C[C@H](NC(=O)OC1CCN(S(=O)(=O)c2ccccc2F)CC1)C(=O)N[C@](C=O)(CCCNC(=N)N)Cc1nc2ccccc2s1. The number of halogens is 1. The maximum Gasteiger partial charge on any atom is 0.408 e. The number of amides is 2. The van der Waals surface area contributed by atoms with E-state index in [0.29, 0.717) is 24.3 Å². The van der Waals surface area contributed by atoms with Crippen LogP contribution >= 0.6 is 11.3 Å². The van der Waals surface area contributed by atoms with E-state index in [4.69, 9.17) is 15.9 Å². The fourth-order valence-corrected chi connectivity index (χ4v) is 8.19. The highest BCUT2D eigenvalue weighted by Gasteiger charge is 2.37. The van der Waals surface area contributed by atoms with E-state index in [1.54, 1.807) is 0 Å². The van der Waals surface area contributed by atoms with Crippen LogP contribution in [-0.4, -0.2) is 79.3 Å². The van der Waals surface area contributed by atoms with E-state index >= 15 is 0 Å². The number of sulfonamides is 1. The van der Waals surface area contributed by atoms with E-state index in [1.165, 1.54) is 29.5 Å². The highest BCUT2D eigenvalue weighted by molar-refractivity contribution is 7.89. The molecular weight excluding hydrogens is 662 g/mol. The lowest BCUT2D eigenvalue weighted by atomic mass is 9.90. The number of carbonyl (C=O) groups is 3. The number of ether oxygens (including phenoxy) is 1. The number of guanidine groups is 1. The maximum absolute atomic E-state index is 14.2. The van der Waals surface area contributed by atoms with E-state index in [1.807, 2.05) is 38.1 Å². The first-order valence-electron chi connectivity index (χ1n) is 15.7. The zero-order chi connectivity index (χ0) is 34.9. The molecular formula is C32H42FN7O6S2. The fourth-order valence-electron chi connectivity index (χ4n) is 5.56. The number of hydrogen-bond acceptors (Lipinski definition) is 9. The van der Waals surface area contributed by atoms with Crippen molar-refractivity contribution in [3.05, 3.63) is 59.4 Å². The van der Waals surface area contributed by atoms with Gasteiger partial charge in [0.2, 0.25) is 15.9 Å². The molecule has 2 atom stereocenters. The minimum atomic E-state index is -4.06. The first-order valence-corrected chi connectivity index (χ1v) is 18.0. The maximum atomic E-state index is 14.2. The number of hydrogen-bond donors (Lipinski definition) is 5. The lowest BCUT2D eigenvalue weighted by molar-refractivity contribution is -0.129. The van der Waals surface area contributed by atoms with E-state index < -0.39 is 50.4 Å². The number of benzene rings is 2. The van der Waals surface area contributed by atoms with Crippen molar-refractivity contribution in [1.82, 2.24) is 25.2 Å². The summed E-state index contributed by atoms with van der Waals surface area (Å²) in [7, 11) is -4.06. The molecule has 0 saturated carbocycles. The summed E-state index contributed by atoms with van der Waals surface area (Å²) < 4.78 is 47.8. The molecule has 1 aliphatic heterocycles. The monoisotopic (exact) mass is 703 g/mol. The third kappa shape index (κ3) is 9.70. The molecule has 16 heteroatoms. The normalized spacial score (nSPS) is 16.2. The first-order chi connectivity index (χ1) is 22.8. The summed E-state index contributed by atoms with van der Waals surface area (Å²) >= 11 is 1.42. The van der Waals surface area contributed by atoms with Crippen LogP contribution in [0.25, 0.3) is 10.2 Å². The minimum Gasteiger partial charge on any atom is -0.446 e. The third-order valence-electron chi connectivity index (χ3n) is 7.96. The van der Waals surface area contributed by atoms with Gasteiger partial charge in [-0.3, -0.25) is 10.2 Å². The van der Waals surface area contributed by atoms with E-state index in [9.17, 15) is 27.2 Å². The molecule has 0 aliphatic carbocycles. The van der Waals surface area contributed by atoms with Crippen molar-refractivity contribution < 1.29 is 31.9 Å². The lowest BCUT2D eigenvalue weighted by Crippen LogP contribution is -2.58. The van der Waals surface area contributed by atoms with Crippen LogP contribution in [0.4, 0.5) is 9.18 Å². The van der Waals surface area contributed by atoms with Gasteiger partial charge in [-0.2, -0.15) is 4.31 Å². The number of carbonyl (C=O) groups excluding carboxylic acids is 3. The van der Waals surface area contributed by atoms with Crippen LogP contribution in [0, 0.1) is 17.1 Å². The molecule has 13 nitrogen and oxygen atoms in total. The summed E-state index contributed by atoms with van der Waals surface area (Å²) in [6.45, 7) is 4.13. The average Bonchev–Trinajstić information content (AvgIpc) is 3.45. The quantitative estimate of drug-likeness (QED) is 0.0683. The van der Waals surface area contributed by atoms with Crippen molar-refractivity contribution in [2.24, 2.45) is 11.7 Å². The second kappa shape index (κ2) is 16.3. The Morgan fingerprint density at radius 2 is 1.88 bits per heavy atom. The zero-order valence-electron chi connectivity index (χ0n) is 26.9. The van der Waals surface area contributed by atoms with Gasteiger partial charge in [0.25, 0.3) is 0 Å². The summed E-state index contributed by atoms with van der Waals surface area (Å²) in [6, 6.07) is 11.7. The number of alkyl carbamates (subject to hydrolysis) is 1. The number of fused-ring (bicyclic) bond motifs is 1. The van der Waals surface area contributed by atoms with Gasteiger partial charge in [-0.1, -0.05) is 38.1 Å². The van der Waals surface area contributed by atoms with Gasteiger partial charge < -0.3 is 31.2 Å². The van der Waals surface area contributed by atoms with E-state index in [-0.39, 0.29) is 57.1 Å².